The summed E-state index contributed by atoms with van der Waals surface area (Å²) in [7, 11) is 0. The van der Waals surface area contributed by atoms with Crippen molar-refractivity contribution in [1.29, 1.82) is 0 Å². The fraction of sp³-hybridized carbons (Fsp3) is 0.455. The van der Waals surface area contributed by atoms with E-state index in [0.29, 0.717) is 10.7 Å². The number of rotatable bonds is 1. The van der Waals surface area contributed by atoms with Gasteiger partial charge in [-0.3, -0.25) is 0 Å². The molecule has 0 heterocycles. The Morgan fingerprint density at radius 2 is 1.71 bits per heavy atom. The van der Waals surface area contributed by atoms with Gasteiger partial charge in [0.25, 0.3) is 0 Å². The third-order valence-electron chi connectivity index (χ3n) is 2.72. The van der Waals surface area contributed by atoms with Crippen LogP contribution < -0.4 is 0 Å². The Labute approximate surface area is 90.4 Å². The second kappa shape index (κ2) is 3.97. The van der Waals surface area contributed by atoms with E-state index in [-0.39, 0.29) is 0 Å². The molecule has 0 amide bonds. The van der Waals surface area contributed by atoms with Crippen molar-refractivity contribution in [3.8, 4) is 0 Å². The molecule has 0 aromatic heterocycles. The highest BCUT2D eigenvalue weighted by Gasteiger charge is 2.24. The summed E-state index contributed by atoms with van der Waals surface area (Å²) < 4.78 is 25.9. The van der Waals surface area contributed by atoms with Crippen LogP contribution in [0.2, 0.25) is 0 Å². The van der Waals surface area contributed by atoms with Crippen molar-refractivity contribution in [3.05, 3.63) is 35.4 Å². The third kappa shape index (κ3) is 2.14. The molecule has 2 atom stereocenters. The van der Waals surface area contributed by atoms with Gasteiger partial charge in [-0.25, -0.2) is 8.78 Å². The van der Waals surface area contributed by atoms with Gasteiger partial charge in [0.2, 0.25) is 0 Å². The van der Waals surface area contributed by atoms with Gasteiger partial charge in [-0.05, 0) is 42.9 Å². The van der Waals surface area contributed by atoms with Crippen molar-refractivity contribution in [2.75, 3.05) is 0 Å². The standard InChI is InChI=1S/C11H11BrF2/c12-9-2-1-7(3-9)8-4-10(13)6-11(14)5-8/h4-7,9H,1-3H2/t7-,9+/m0/s1. The lowest BCUT2D eigenvalue weighted by Crippen LogP contribution is -1.96. The van der Waals surface area contributed by atoms with Gasteiger partial charge in [-0.15, -0.1) is 0 Å². The average Bonchev–Trinajstić information content (AvgIpc) is 2.50. The molecule has 0 radical (unpaired) electrons. The maximum atomic E-state index is 12.9. The predicted molar refractivity (Wildman–Crippen MR) is 55.7 cm³/mol. The van der Waals surface area contributed by atoms with Crippen LogP contribution >= 0.6 is 15.9 Å². The zero-order chi connectivity index (χ0) is 10.1. The van der Waals surface area contributed by atoms with Gasteiger partial charge < -0.3 is 0 Å². The first-order valence-electron chi connectivity index (χ1n) is 4.75. The van der Waals surface area contributed by atoms with Crippen molar-refractivity contribution in [2.45, 2.75) is 30.0 Å². The monoisotopic (exact) mass is 260 g/mol. The van der Waals surface area contributed by atoms with E-state index in [0.717, 1.165) is 30.9 Å². The van der Waals surface area contributed by atoms with Crippen molar-refractivity contribution >= 4 is 15.9 Å². The minimum atomic E-state index is -0.474. The Bertz CT molecular complexity index is 318. The van der Waals surface area contributed by atoms with E-state index >= 15 is 0 Å². The van der Waals surface area contributed by atoms with E-state index in [1.807, 2.05) is 0 Å². The van der Waals surface area contributed by atoms with Crippen LogP contribution in [0.3, 0.4) is 0 Å². The number of benzene rings is 1. The zero-order valence-corrected chi connectivity index (χ0v) is 9.23. The minimum absolute atomic E-state index is 0.310. The zero-order valence-electron chi connectivity index (χ0n) is 7.64. The van der Waals surface area contributed by atoms with Gasteiger partial charge >= 0.3 is 0 Å². The lowest BCUT2D eigenvalue weighted by molar-refractivity contribution is 0.573. The quantitative estimate of drug-likeness (QED) is 0.670. The fourth-order valence-corrected chi connectivity index (χ4v) is 2.76. The summed E-state index contributed by atoms with van der Waals surface area (Å²) in [4.78, 5) is 0.499. The van der Waals surface area contributed by atoms with Crippen molar-refractivity contribution in [1.82, 2.24) is 0 Å². The molecule has 2 rings (SSSR count). The summed E-state index contributed by atoms with van der Waals surface area (Å²) in [6, 6.07) is 3.81. The van der Waals surface area contributed by atoms with Crippen LogP contribution in [0.5, 0.6) is 0 Å². The number of hydrogen-bond acceptors (Lipinski definition) is 0. The minimum Gasteiger partial charge on any atom is -0.207 e. The molecule has 1 aromatic rings. The first-order valence-corrected chi connectivity index (χ1v) is 5.67. The molecule has 0 N–H and O–H groups in total. The number of alkyl halides is 1. The topological polar surface area (TPSA) is 0 Å². The van der Waals surface area contributed by atoms with E-state index in [9.17, 15) is 8.78 Å². The van der Waals surface area contributed by atoms with Crippen molar-refractivity contribution < 1.29 is 8.78 Å². The lowest BCUT2D eigenvalue weighted by Gasteiger charge is -2.09. The second-order valence-electron chi connectivity index (χ2n) is 3.81. The molecule has 0 nitrogen and oxygen atoms in total. The third-order valence-corrected chi connectivity index (χ3v) is 3.56. The number of hydrogen-bond donors (Lipinski definition) is 0. The molecule has 14 heavy (non-hydrogen) atoms. The highest BCUT2D eigenvalue weighted by atomic mass is 79.9. The van der Waals surface area contributed by atoms with Crippen LogP contribution in [0.4, 0.5) is 8.78 Å². The summed E-state index contributed by atoms with van der Waals surface area (Å²) >= 11 is 3.53. The first kappa shape index (κ1) is 10.1. The van der Waals surface area contributed by atoms with Crippen LogP contribution in [0.1, 0.15) is 30.7 Å². The van der Waals surface area contributed by atoms with E-state index in [1.54, 1.807) is 0 Å². The fourth-order valence-electron chi connectivity index (χ4n) is 2.04. The van der Waals surface area contributed by atoms with Gasteiger partial charge in [0.05, 0.1) is 0 Å². The Morgan fingerprint density at radius 1 is 1.07 bits per heavy atom. The van der Waals surface area contributed by atoms with Crippen LogP contribution in [-0.2, 0) is 0 Å². The Morgan fingerprint density at radius 3 is 2.21 bits per heavy atom. The lowest BCUT2D eigenvalue weighted by atomic mass is 9.98. The van der Waals surface area contributed by atoms with Crippen molar-refractivity contribution in [2.24, 2.45) is 0 Å². The molecular weight excluding hydrogens is 250 g/mol. The molecule has 0 bridgehead atoms. The summed E-state index contributed by atoms with van der Waals surface area (Å²) in [5, 5.41) is 0. The molecule has 1 fully saturated rings. The maximum Gasteiger partial charge on any atom is 0.126 e. The van der Waals surface area contributed by atoms with Crippen molar-refractivity contribution in [3.63, 3.8) is 0 Å². The van der Waals surface area contributed by atoms with E-state index in [1.165, 1.54) is 12.1 Å². The second-order valence-corrected chi connectivity index (χ2v) is 5.11. The molecule has 0 saturated heterocycles. The van der Waals surface area contributed by atoms with Gasteiger partial charge in [-0.1, -0.05) is 15.9 Å². The van der Waals surface area contributed by atoms with Gasteiger partial charge in [-0.2, -0.15) is 0 Å². The van der Waals surface area contributed by atoms with Crippen LogP contribution in [-0.4, -0.2) is 4.83 Å². The summed E-state index contributed by atoms with van der Waals surface area (Å²) in [5.74, 6) is -0.638. The first-order chi connectivity index (χ1) is 6.65. The highest BCUT2D eigenvalue weighted by Crippen LogP contribution is 2.38. The van der Waals surface area contributed by atoms with Gasteiger partial charge in [0.1, 0.15) is 11.6 Å². The van der Waals surface area contributed by atoms with Crippen LogP contribution in [0, 0.1) is 11.6 Å². The van der Waals surface area contributed by atoms with E-state index in [4.69, 9.17) is 0 Å². The van der Waals surface area contributed by atoms with E-state index < -0.39 is 11.6 Å². The number of halogens is 3. The van der Waals surface area contributed by atoms with Gasteiger partial charge in [0, 0.05) is 10.9 Å². The normalized spacial score (nSPS) is 26.8. The molecule has 1 aromatic carbocycles. The van der Waals surface area contributed by atoms with E-state index in [2.05, 4.69) is 15.9 Å². The summed E-state index contributed by atoms with van der Waals surface area (Å²) in [6.07, 6.45) is 3.07. The Kier molecular flexibility index (Phi) is 2.86. The molecule has 1 aliphatic carbocycles. The predicted octanol–water partition coefficient (Wildman–Crippen LogP) is 4.00. The Balaban J connectivity index is 2.23. The molecule has 3 heteroatoms. The molecule has 1 aliphatic rings. The molecular formula is C11H11BrF2. The summed E-state index contributed by atoms with van der Waals surface area (Å²) in [6.45, 7) is 0. The average molecular weight is 261 g/mol. The molecule has 76 valence electrons. The molecule has 1 saturated carbocycles. The van der Waals surface area contributed by atoms with Crippen LogP contribution in [0.25, 0.3) is 0 Å². The SMILES string of the molecule is Fc1cc(F)cc([C@H]2CC[C@@H](Br)C2)c1. The largest absolute Gasteiger partial charge is 0.207 e. The van der Waals surface area contributed by atoms with Crippen LogP contribution in [0.15, 0.2) is 18.2 Å². The highest BCUT2D eigenvalue weighted by molar-refractivity contribution is 9.09. The molecule has 0 spiro atoms. The molecule has 0 unspecified atom stereocenters. The smallest absolute Gasteiger partial charge is 0.126 e. The molecule has 0 aliphatic heterocycles. The Hall–Kier alpha value is -0.440. The summed E-state index contributed by atoms with van der Waals surface area (Å²) in [5.41, 5.74) is 0.796. The maximum absolute atomic E-state index is 12.9. The van der Waals surface area contributed by atoms with Gasteiger partial charge in [0.15, 0.2) is 0 Å².